The Balaban J connectivity index is 2.38. The summed E-state index contributed by atoms with van der Waals surface area (Å²) < 4.78 is 0. The van der Waals surface area contributed by atoms with Crippen molar-refractivity contribution in [1.82, 2.24) is 10.2 Å². The lowest BCUT2D eigenvalue weighted by atomic mass is 9.94. The predicted molar refractivity (Wildman–Crippen MR) is 44.1 cm³/mol. The fraction of sp³-hybridized carbons (Fsp3) is 1.00. The van der Waals surface area contributed by atoms with E-state index in [1.54, 1.807) is 0 Å². The molecular weight excluding hydrogens is 124 g/mol. The molecular formula is C8H18N2. The average Bonchev–Trinajstić information content (AvgIpc) is 1.94. The Labute approximate surface area is 63.6 Å². The maximum absolute atomic E-state index is 3.34. The number of hydrogen-bond donors (Lipinski definition) is 1. The molecule has 0 aromatic heterocycles. The lowest BCUT2D eigenvalue weighted by Gasteiger charge is -2.34. The second kappa shape index (κ2) is 3.35. The van der Waals surface area contributed by atoms with Gasteiger partial charge in [0, 0.05) is 12.6 Å². The van der Waals surface area contributed by atoms with Gasteiger partial charge in [0.1, 0.15) is 0 Å². The average molecular weight is 142 g/mol. The number of nitrogens with zero attached hydrogens (tertiary/aromatic N) is 1. The van der Waals surface area contributed by atoms with Gasteiger partial charge in [-0.1, -0.05) is 6.92 Å². The lowest BCUT2D eigenvalue weighted by Crippen LogP contribution is -2.47. The Morgan fingerprint density at radius 1 is 1.50 bits per heavy atom. The van der Waals surface area contributed by atoms with Crippen molar-refractivity contribution in [3.05, 3.63) is 0 Å². The van der Waals surface area contributed by atoms with Gasteiger partial charge >= 0.3 is 0 Å². The highest BCUT2D eigenvalue weighted by Crippen LogP contribution is 2.14. The van der Waals surface area contributed by atoms with Crippen molar-refractivity contribution in [1.29, 1.82) is 0 Å². The summed E-state index contributed by atoms with van der Waals surface area (Å²) in [5.74, 6) is 0.848. The molecule has 10 heavy (non-hydrogen) atoms. The fourth-order valence-corrected chi connectivity index (χ4v) is 1.61. The molecule has 0 unspecified atom stereocenters. The lowest BCUT2D eigenvalue weighted by molar-refractivity contribution is 0.182. The highest BCUT2D eigenvalue weighted by molar-refractivity contribution is 4.80. The maximum atomic E-state index is 3.34. The van der Waals surface area contributed by atoms with Crippen molar-refractivity contribution in [3.8, 4) is 0 Å². The third-order valence-electron chi connectivity index (χ3n) is 2.53. The Kier molecular flexibility index (Phi) is 2.69. The fourth-order valence-electron chi connectivity index (χ4n) is 1.61. The summed E-state index contributed by atoms with van der Waals surface area (Å²) >= 11 is 0. The van der Waals surface area contributed by atoms with Crippen LogP contribution >= 0.6 is 0 Å². The maximum Gasteiger partial charge on any atom is 0.0217 e. The van der Waals surface area contributed by atoms with E-state index in [0.29, 0.717) is 6.04 Å². The van der Waals surface area contributed by atoms with Crippen LogP contribution in [0.3, 0.4) is 0 Å². The third-order valence-corrected chi connectivity index (χ3v) is 2.53. The summed E-state index contributed by atoms with van der Waals surface area (Å²) in [7, 11) is 4.25. The molecule has 0 amide bonds. The van der Waals surface area contributed by atoms with Crippen LogP contribution in [0.4, 0.5) is 0 Å². The van der Waals surface area contributed by atoms with Crippen molar-refractivity contribution in [2.45, 2.75) is 19.4 Å². The van der Waals surface area contributed by atoms with Crippen LogP contribution in [0.2, 0.25) is 0 Å². The van der Waals surface area contributed by atoms with Crippen LogP contribution in [0, 0.1) is 5.92 Å². The number of nitrogens with one attached hydrogen (secondary N) is 1. The zero-order valence-corrected chi connectivity index (χ0v) is 7.22. The first kappa shape index (κ1) is 8.02. The Morgan fingerprint density at radius 2 is 2.20 bits per heavy atom. The molecule has 0 saturated carbocycles. The number of likely N-dealkylation sites (tertiary alicyclic amines) is 1. The number of piperidine rings is 1. The van der Waals surface area contributed by atoms with Crippen molar-refractivity contribution in [2.24, 2.45) is 5.92 Å². The summed E-state index contributed by atoms with van der Waals surface area (Å²) in [6.07, 6.45) is 1.34. The van der Waals surface area contributed by atoms with Gasteiger partial charge in [-0.2, -0.15) is 0 Å². The van der Waals surface area contributed by atoms with Crippen LogP contribution in [-0.4, -0.2) is 38.1 Å². The van der Waals surface area contributed by atoms with E-state index in [0.717, 1.165) is 5.92 Å². The largest absolute Gasteiger partial charge is 0.315 e. The molecule has 2 atom stereocenters. The highest BCUT2D eigenvalue weighted by Gasteiger charge is 2.21. The van der Waals surface area contributed by atoms with Crippen LogP contribution in [-0.2, 0) is 0 Å². The van der Waals surface area contributed by atoms with E-state index < -0.39 is 0 Å². The quantitative estimate of drug-likeness (QED) is 0.575. The number of hydrogen-bond acceptors (Lipinski definition) is 2. The summed E-state index contributed by atoms with van der Waals surface area (Å²) in [6, 6.07) is 0.707. The first-order chi connectivity index (χ1) is 4.74. The monoisotopic (exact) mass is 142 g/mol. The van der Waals surface area contributed by atoms with Gasteiger partial charge < -0.3 is 10.2 Å². The van der Waals surface area contributed by atoms with E-state index in [-0.39, 0.29) is 0 Å². The molecule has 1 heterocycles. The minimum Gasteiger partial charge on any atom is -0.315 e. The standard InChI is InChI=1S/C8H18N2/c1-7-4-5-10(3)6-8(7)9-2/h7-9H,4-6H2,1-3H3/t7-,8+/m0/s1. The number of rotatable bonds is 1. The summed E-state index contributed by atoms with van der Waals surface area (Å²) in [6.45, 7) is 4.80. The zero-order valence-electron chi connectivity index (χ0n) is 7.22. The molecule has 0 aliphatic carbocycles. The molecule has 1 rings (SSSR count). The van der Waals surface area contributed by atoms with Crippen LogP contribution in [0.5, 0.6) is 0 Å². The van der Waals surface area contributed by atoms with Crippen molar-refractivity contribution >= 4 is 0 Å². The molecule has 2 heteroatoms. The third kappa shape index (κ3) is 1.70. The van der Waals surface area contributed by atoms with Gasteiger partial charge in [0.15, 0.2) is 0 Å². The van der Waals surface area contributed by atoms with Crippen LogP contribution in [0.1, 0.15) is 13.3 Å². The van der Waals surface area contributed by atoms with E-state index >= 15 is 0 Å². The first-order valence-corrected chi connectivity index (χ1v) is 4.10. The van der Waals surface area contributed by atoms with Gasteiger partial charge in [0.25, 0.3) is 0 Å². The van der Waals surface area contributed by atoms with Gasteiger partial charge in [0.05, 0.1) is 0 Å². The molecule has 2 nitrogen and oxygen atoms in total. The van der Waals surface area contributed by atoms with E-state index in [9.17, 15) is 0 Å². The van der Waals surface area contributed by atoms with E-state index in [2.05, 4.69) is 31.2 Å². The minimum absolute atomic E-state index is 0.707. The van der Waals surface area contributed by atoms with Crippen LogP contribution < -0.4 is 5.32 Å². The smallest absolute Gasteiger partial charge is 0.0217 e. The minimum atomic E-state index is 0.707. The molecule has 0 bridgehead atoms. The molecule has 0 spiro atoms. The second-order valence-corrected chi connectivity index (χ2v) is 3.42. The topological polar surface area (TPSA) is 15.3 Å². The zero-order chi connectivity index (χ0) is 7.56. The summed E-state index contributed by atoms with van der Waals surface area (Å²) in [5, 5.41) is 3.34. The van der Waals surface area contributed by atoms with Crippen LogP contribution in [0.25, 0.3) is 0 Å². The molecule has 1 aliphatic heterocycles. The van der Waals surface area contributed by atoms with Crippen molar-refractivity contribution in [2.75, 3.05) is 27.2 Å². The summed E-state index contributed by atoms with van der Waals surface area (Å²) in [4.78, 5) is 2.39. The first-order valence-electron chi connectivity index (χ1n) is 4.10. The molecule has 0 aromatic rings. The Bertz CT molecular complexity index is 103. The van der Waals surface area contributed by atoms with Crippen LogP contribution in [0.15, 0.2) is 0 Å². The number of likely N-dealkylation sites (N-methyl/N-ethyl adjacent to an activating group) is 2. The molecule has 1 aliphatic rings. The predicted octanol–water partition coefficient (Wildman–Crippen LogP) is 0.546. The SMILES string of the molecule is CN[C@@H]1CN(C)CC[C@@H]1C. The van der Waals surface area contributed by atoms with E-state index in [4.69, 9.17) is 0 Å². The highest BCUT2D eigenvalue weighted by atomic mass is 15.1. The van der Waals surface area contributed by atoms with Gasteiger partial charge in [-0.05, 0) is 33.0 Å². The van der Waals surface area contributed by atoms with Crippen molar-refractivity contribution < 1.29 is 0 Å². The molecule has 0 aromatic carbocycles. The van der Waals surface area contributed by atoms with Crippen molar-refractivity contribution in [3.63, 3.8) is 0 Å². The van der Waals surface area contributed by atoms with E-state index in [1.165, 1.54) is 19.5 Å². The van der Waals surface area contributed by atoms with E-state index in [1.807, 2.05) is 0 Å². The second-order valence-electron chi connectivity index (χ2n) is 3.42. The van der Waals surface area contributed by atoms with Gasteiger partial charge in [0.2, 0.25) is 0 Å². The molecule has 1 fully saturated rings. The Hall–Kier alpha value is -0.0800. The summed E-state index contributed by atoms with van der Waals surface area (Å²) in [5.41, 5.74) is 0. The normalized spacial score (nSPS) is 36.3. The van der Waals surface area contributed by atoms with Gasteiger partial charge in [-0.15, -0.1) is 0 Å². The molecule has 0 radical (unpaired) electrons. The molecule has 60 valence electrons. The Morgan fingerprint density at radius 3 is 2.70 bits per heavy atom. The molecule has 1 saturated heterocycles. The van der Waals surface area contributed by atoms with Gasteiger partial charge in [-0.25, -0.2) is 0 Å². The molecule has 1 N–H and O–H groups in total. The van der Waals surface area contributed by atoms with Gasteiger partial charge in [-0.3, -0.25) is 0 Å².